The van der Waals surface area contributed by atoms with Crippen LogP contribution in [0.1, 0.15) is 16.2 Å². The number of halogens is 1. The molecule has 0 bridgehead atoms. The van der Waals surface area contributed by atoms with Crippen molar-refractivity contribution < 1.29 is 9.32 Å². The molecule has 1 aromatic carbocycles. The van der Waals surface area contributed by atoms with Crippen LogP contribution in [0.4, 0.5) is 0 Å². The monoisotopic (exact) mass is 343 g/mol. The van der Waals surface area contributed by atoms with Crippen molar-refractivity contribution >= 4 is 21.7 Å². The van der Waals surface area contributed by atoms with Crippen LogP contribution in [0.5, 0.6) is 0 Å². The van der Waals surface area contributed by atoms with E-state index in [1.807, 2.05) is 24.3 Å². The van der Waals surface area contributed by atoms with Gasteiger partial charge in [-0.3, -0.25) is 9.78 Å². The third-order valence-corrected chi connectivity index (χ3v) is 3.49. The average Bonchev–Trinajstić information content (AvgIpc) is 2.97. The number of aromatic nitrogens is 3. The summed E-state index contributed by atoms with van der Waals surface area (Å²) in [4.78, 5) is 20.5. The van der Waals surface area contributed by atoms with Crippen LogP contribution in [-0.4, -0.2) is 20.9 Å². The van der Waals surface area contributed by atoms with Crippen molar-refractivity contribution in [3.8, 4) is 11.5 Å². The highest BCUT2D eigenvalue weighted by Gasteiger charge is 2.15. The normalized spacial score (nSPS) is 10.5. The molecule has 0 atom stereocenters. The molecule has 2 heterocycles. The van der Waals surface area contributed by atoms with Crippen LogP contribution in [0.25, 0.3) is 11.5 Å². The maximum atomic E-state index is 12.1. The molecule has 0 fully saturated rings. The fourth-order valence-corrected chi connectivity index (χ4v) is 2.27. The van der Waals surface area contributed by atoms with Gasteiger partial charge in [-0.15, -0.1) is 0 Å². The number of rotatable bonds is 4. The molecule has 0 spiro atoms. The zero-order valence-corrected chi connectivity index (χ0v) is 12.4. The summed E-state index contributed by atoms with van der Waals surface area (Å²) >= 11 is 3.38. The van der Waals surface area contributed by atoms with E-state index in [0.717, 1.165) is 4.47 Å². The van der Waals surface area contributed by atoms with Crippen LogP contribution in [0.3, 0.4) is 0 Å². The number of carbonyl (C=O) groups is 1. The molecular formula is C15H10BrN3O2. The Hall–Kier alpha value is -2.34. The van der Waals surface area contributed by atoms with Crippen LogP contribution >= 0.6 is 15.9 Å². The molecule has 3 rings (SSSR count). The summed E-state index contributed by atoms with van der Waals surface area (Å²) in [7, 11) is 0. The van der Waals surface area contributed by atoms with Gasteiger partial charge in [0.2, 0.25) is 11.7 Å². The molecule has 104 valence electrons. The number of ketones is 1. The summed E-state index contributed by atoms with van der Waals surface area (Å²) in [5.74, 6) is 0.570. The lowest BCUT2D eigenvalue weighted by atomic mass is 10.1. The summed E-state index contributed by atoms with van der Waals surface area (Å²) in [5, 5.41) is 3.86. The highest BCUT2D eigenvalue weighted by atomic mass is 79.9. The van der Waals surface area contributed by atoms with Crippen molar-refractivity contribution in [1.82, 2.24) is 15.1 Å². The molecule has 0 saturated heterocycles. The van der Waals surface area contributed by atoms with Gasteiger partial charge in [0, 0.05) is 16.2 Å². The molecule has 6 heteroatoms. The van der Waals surface area contributed by atoms with Gasteiger partial charge < -0.3 is 4.52 Å². The topological polar surface area (TPSA) is 68.9 Å². The minimum absolute atomic E-state index is 0.0640. The summed E-state index contributed by atoms with van der Waals surface area (Å²) in [6.07, 6.45) is 1.71. The second kappa shape index (κ2) is 5.97. The zero-order chi connectivity index (χ0) is 14.7. The predicted octanol–water partition coefficient (Wildman–Crippen LogP) is 3.32. The molecular weight excluding hydrogens is 334 g/mol. The van der Waals surface area contributed by atoms with Crippen LogP contribution in [0.2, 0.25) is 0 Å². The standard InChI is InChI=1S/C15H10BrN3O2/c16-11-7-4-8-17-14(11)15-18-13(21-19-15)9-12(20)10-5-2-1-3-6-10/h1-8H,9H2. The number of nitrogens with zero attached hydrogens (tertiary/aromatic N) is 3. The maximum Gasteiger partial charge on any atom is 0.234 e. The molecule has 3 aromatic rings. The Morgan fingerprint density at radius 2 is 1.95 bits per heavy atom. The first kappa shape index (κ1) is 13.6. The summed E-state index contributed by atoms with van der Waals surface area (Å²) in [5.41, 5.74) is 1.20. The number of hydrogen-bond acceptors (Lipinski definition) is 5. The van der Waals surface area contributed by atoms with Gasteiger partial charge in [0.1, 0.15) is 5.69 Å². The van der Waals surface area contributed by atoms with E-state index < -0.39 is 0 Å². The number of carbonyl (C=O) groups excluding carboxylic acids is 1. The van der Waals surface area contributed by atoms with Gasteiger partial charge in [-0.05, 0) is 28.1 Å². The highest BCUT2D eigenvalue weighted by molar-refractivity contribution is 9.10. The Bertz CT molecular complexity index is 771. The fraction of sp³-hybridized carbons (Fsp3) is 0.0667. The molecule has 0 radical (unpaired) electrons. The quantitative estimate of drug-likeness (QED) is 0.679. The van der Waals surface area contributed by atoms with E-state index in [4.69, 9.17) is 4.52 Å². The number of benzene rings is 1. The summed E-state index contributed by atoms with van der Waals surface area (Å²) < 4.78 is 5.89. The largest absolute Gasteiger partial charge is 0.338 e. The van der Waals surface area contributed by atoms with Gasteiger partial charge >= 0.3 is 0 Å². The van der Waals surface area contributed by atoms with Crippen molar-refractivity contribution in [2.75, 3.05) is 0 Å². The second-order valence-electron chi connectivity index (χ2n) is 4.31. The SMILES string of the molecule is O=C(Cc1nc(-c2ncccc2Br)no1)c1ccccc1. The van der Waals surface area contributed by atoms with E-state index in [1.165, 1.54) is 0 Å². The Kier molecular flexibility index (Phi) is 3.87. The van der Waals surface area contributed by atoms with E-state index in [9.17, 15) is 4.79 Å². The number of Topliss-reactive ketones (excluding diaryl/α,β-unsaturated/α-hetero) is 1. The zero-order valence-electron chi connectivity index (χ0n) is 10.9. The third kappa shape index (κ3) is 3.05. The lowest BCUT2D eigenvalue weighted by Crippen LogP contribution is -2.03. The molecule has 0 amide bonds. The van der Waals surface area contributed by atoms with Crippen molar-refractivity contribution in [1.29, 1.82) is 0 Å². The van der Waals surface area contributed by atoms with Crippen molar-refractivity contribution in [3.63, 3.8) is 0 Å². The molecule has 0 N–H and O–H groups in total. The molecule has 21 heavy (non-hydrogen) atoms. The number of hydrogen-bond donors (Lipinski definition) is 0. The predicted molar refractivity (Wildman–Crippen MR) is 79.7 cm³/mol. The minimum Gasteiger partial charge on any atom is -0.338 e. The Morgan fingerprint density at radius 3 is 2.71 bits per heavy atom. The first-order valence-electron chi connectivity index (χ1n) is 6.26. The molecule has 2 aromatic heterocycles. The van der Waals surface area contributed by atoms with Crippen molar-refractivity contribution in [3.05, 3.63) is 64.6 Å². The molecule has 0 aliphatic carbocycles. The number of pyridine rings is 1. The van der Waals surface area contributed by atoms with Gasteiger partial charge in [0.15, 0.2) is 5.78 Å². The fourth-order valence-electron chi connectivity index (χ4n) is 1.84. The van der Waals surface area contributed by atoms with Crippen LogP contribution in [-0.2, 0) is 6.42 Å². The summed E-state index contributed by atoms with van der Waals surface area (Å²) in [6, 6.07) is 12.7. The highest BCUT2D eigenvalue weighted by Crippen LogP contribution is 2.23. The van der Waals surface area contributed by atoms with E-state index in [-0.39, 0.29) is 18.1 Å². The lowest BCUT2D eigenvalue weighted by molar-refractivity contribution is 0.0983. The molecule has 0 aliphatic heterocycles. The van der Waals surface area contributed by atoms with Crippen LogP contribution in [0, 0.1) is 0 Å². The molecule has 5 nitrogen and oxygen atoms in total. The first-order chi connectivity index (χ1) is 10.2. The van der Waals surface area contributed by atoms with E-state index in [1.54, 1.807) is 24.4 Å². The average molecular weight is 344 g/mol. The van der Waals surface area contributed by atoms with E-state index in [0.29, 0.717) is 17.1 Å². The first-order valence-corrected chi connectivity index (χ1v) is 7.05. The van der Waals surface area contributed by atoms with Gasteiger partial charge in [-0.2, -0.15) is 4.98 Å². The maximum absolute atomic E-state index is 12.1. The Balaban J connectivity index is 1.80. The Labute approximate surface area is 129 Å². The van der Waals surface area contributed by atoms with Crippen LogP contribution < -0.4 is 0 Å². The minimum atomic E-state index is -0.0640. The van der Waals surface area contributed by atoms with Crippen LogP contribution in [0.15, 0.2) is 57.7 Å². The Morgan fingerprint density at radius 1 is 1.14 bits per heavy atom. The van der Waals surface area contributed by atoms with Gasteiger partial charge in [0.05, 0.1) is 6.42 Å². The molecule has 0 saturated carbocycles. The third-order valence-electron chi connectivity index (χ3n) is 2.85. The van der Waals surface area contributed by atoms with Gasteiger partial charge in [-0.1, -0.05) is 35.5 Å². The van der Waals surface area contributed by atoms with Gasteiger partial charge in [0.25, 0.3) is 0 Å². The van der Waals surface area contributed by atoms with E-state index >= 15 is 0 Å². The van der Waals surface area contributed by atoms with Gasteiger partial charge in [-0.25, -0.2) is 0 Å². The molecule has 0 unspecified atom stereocenters. The second-order valence-corrected chi connectivity index (χ2v) is 5.17. The molecule has 0 aliphatic rings. The van der Waals surface area contributed by atoms with E-state index in [2.05, 4.69) is 31.1 Å². The van der Waals surface area contributed by atoms with Crippen molar-refractivity contribution in [2.24, 2.45) is 0 Å². The summed E-state index contributed by atoms with van der Waals surface area (Å²) in [6.45, 7) is 0. The van der Waals surface area contributed by atoms with Crippen molar-refractivity contribution in [2.45, 2.75) is 6.42 Å². The lowest BCUT2D eigenvalue weighted by Gasteiger charge is -1.96. The smallest absolute Gasteiger partial charge is 0.234 e.